The number of amides is 2. The topological polar surface area (TPSA) is 125 Å². The molecule has 0 bridgehead atoms. The lowest BCUT2D eigenvalue weighted by Gasteiger charge is -2.28. The van der Waals surface area contributed by atoms with Crippen molar-refractivity contribution >= 4 is 38.7 Å². The van der Waals surface area contributed by atoms with Crippen molar-refractivity contribution in [1.82, 2.24) is 20.6 Å². The maximum atomic E-state index is 11.8. The molecule has 1 fully saturated rings. The largest absolute Gasteiger partial charge is 0.465 e. The Bertz CT molecular complexity index is 1090. The predicted molar refractivity (Wildman–Crippen MR) is 118 cm³/mol. The van der Waals surface area contributed by atoms with Crippen LogP contribution in [0.3, 0.4) is 0 Å². The molecule has 0 aliphatic heterocycles. The molecule has 4 N–H and O–H groups in total. The first-order valence-electron chi connectivity index (χ1n) is 10.0. The fourth-order valence-electron chi connectivity index (χ4n) is 3.62. The summed E-state index contributed by atoms with van der Waals surface area (Å²) in [5.41, 5.74) is 1.17. The second-order valence-electron chi connectivity index (χ2n) is 7.35. The minimum absolute atomic E-state index is 0.0303. The number of hydrogen-bond acceptors (Lipinski definition) is 7. The third-order valence-electron chi connectivity index (χ3n) is 5.17. The fraction of sp³-hybridized carbons (Fsp3) is 0.333. The van der Waals surface area contributed by atoms with E-state index < -0.39 is 6.09 Å². The van der Waals surface area contributed by atoms with Crippen molar-refractivity contribution in [1.29, 1.82) is 0 Å². The Morgan fingerprint density at radius 1 is 1.10 bits per heavy atom. The van der Waals surface area contributed by atoms with Crippen LogP contribution in [0.15, 0.2) is 36.5 Å². The number of fused-ring (bicyclic) bond motifs is 1. The van der Waals surface area contributed by atoms with E-state index in [4.69, 9.17) is 9.84 Å². The number of carboxylic acid groups (broad SMARTS) is 1. The Morgan fingerprint density at radius 3 is 2.58 bits per heavy atom. The molecule has 10 heteroatoms. The van der Waals surface area contributed by atoms with Gasteiger partial charge in [-0.1, -0.05) is 11.3 Å². The van der Waals surface area contributed by atoms with Gasteiger partial charge in [0.25, 0.3) is 5.91 Å². The average molecular weight is 442 g/mol. The van der Waals surface area contributed by atoms with Gasteiger partial charge in [-0.15, -0.1) is 0 Å². The van der Waals surface area contributed by atoms with E-state index in [-0.39, 0.29) is 18.0 Å². The molecule has 1 saturated carbocycles. The first-order chi connectivity index (χ1) is 15.0. The number of carbonyl (C=O) groups is 2. The van der Waals surface area contributed by atoms with E-state index >= 15 is 0 Å². The van der Waals surface area contributed by atoms with Gasteiger partial charge >= 0.3 is 6.09 Å². The number of pyridine rings is 1. The lowest BCUT2D eigenvalue weighted by Crippen LogP contribution is -2.39. The number of nitrogens with zero attached hydrogens (tertiary/aromatic N) is 2. The zero-order valence-electron chi connectivity index (χ0n) is 16.9. The van der Waals surface area contributed by atoms with E-state index in [1.165, 1.54) is 6.20 Å². The Hall–Kier alpha value is -3.40. The van der Waals surface area contributed by atoms with Crippen LogP contribution in [0.25, 0.3) is 10.2 Å². The Morgan fingerprint density at radius 2 is 1.84 bits per heavy atom. The molecule has 0 radical (unpaired) electrons. The Kier molecular flexibility index (Phi) is 6.17. The Balaban J connectivity index is 1.41. The van der Waals surface area contributed by atoms with Gasteiger partial charge in [0.1, 0.15) is 17.2 Å². The molecule has 0 unspecified atom stereocenters. The smallest absolute Gasteiger partial charge is 0.404 e. The molecule has 31 heavy (non-hydrogen) atoms. The lowest BCUT2D eigenvalue weighted by molar-refractivity contribution is 0.0957. The first kappa shape index (κ1) is 20.9. The highest BCUT2D eigenvalue weighted by Crippen LogP contribution is 2.33. The number of carbonyl (C=O) groups excluding carboxylic acids is 1. The van der Waals surface area contributed by atoms with Crippen LogP contribution in [0.1, 0.15) is 36.2 Å². The second-order valence-corrected chi connectivity index (χ2v) is 8.38. The molecular formula is C21H23N5O4S. The summed E-state index contributed by atoms with van der Waals surface area (Å²) in [7, 11) is 1.56. The average Bonchev–Trinajstić information content (AvgIpc) is 3.16. The number of nitrogens with one attached hydrogen (secondary N) is 3. The molecule has 0 saturated heterocycles. The number of benzene rings is 1. The number of rotatable bonds is 6. The molecule has 162 valence electrons. The maximum Gasteiger partial charge on any atom is 0.404 e. The van der Waals surface area contributed by atoms with Gasteiger partial charge in [-0.25, -0.2) is 9.78 Å². The standard InChI is InChI=1S/C21H23N5O4S/c1-22-19(27)17-10-15(8-9-23-17)30-14-6-7-16-18(11-14)31-20(26-16)24-12-2-4-13(5-3-12)25-21(28)29/h6-13,25H,2-5H2,1H3,(H,22,27)(H,24,26)(H,28,29)/t12-,13-. The van der Waals surface area contributed by atoms with E-state index in [2.05, 4.69) is 25.9 Å². The molecule has 3 aromatic rings. The van der Waals surface area contributed by atoms with Crippen LogP contribution in [0.4, 0.5) is 9.93 Å². The molecule has 0 spiro atoms. The van der Waals surface area contributed by atoms with Crippen LogP contribution in [-0.2, 0) is 0 Å². The summed E-state index contributed by atoms with van der Waals surface area (Å²) in [6.07, 6.45) is 3.99. The van der Waals surface area contributed by atoms with E-state index in [0.29, 0.717) is 17.2 Å². The van der Waals surface area contributed by atoms with Crippen molar-refractivity contribution in [2.24, 2.45) is 0 Å². The van der Waals surface area contributed by atoms with E-state index in [1.807, 2.05) is 18.2 Å². The van der Waals surface area contributed by atoms with Gasteiger partial charge in [0.15, 0.2) is 5.13 Å². The quantitative estimate of drug-likeness (QED) is 0.458. The molecule has 2 heterocycles. The summed E-state index contributed by atoms with van der Waals surface area (Å²) in [5, 5.41) is 18.3. The number of hydrogen-bond donors (Lipinski definition) is 4. The third kappa shape index (κ3) is 5.21. The van der Waals surface area contributed by atoms with Crippen molar-refractivity contribution in [2.75, 3.05) is 12.4 Å². The van der Waals surface area contributed by atoms with E-state index in [9.17, 15) is 9.59 Å². The third-order valence-corrected chi connectivity index (χ3v) is 6.12. The van der Waals surface area contributed by atoms with E-state index in [1.54, 1.807) is 30.5 Å². The van der Waals surface area contributed by atoms with Crippen LogP contribution in [0, 0.1) is 0 Å². The zero-order valence-corrected chi connectivity index (χ0v) is 17.7. The summed E-state index contributed by atoms with van der Waals surface area (Å²) >= 11 is 1.55. The number of anilines is 1. The van der Waals surface area contributed by atoms with Crippen LogP contribution < -0.4 is 20.7 Å². The van der Waals surface area contributed by atoms with Gasteiger partial charge in [-0.2, -0.15) is 0 Å². The van der Waals surface area contributed by atoms with Crippen molar-refractivity contribution in [3.63, 3.8) is 0 Å². The summed E-state index contributed by atoms with van der Waals surface area (Å²) in [6.45, 7) is 0. The molecule has 4 rings (SSSR count). The molecule has 9 nitrogen and oxygen atoms in total. The summed E-state index contributed by atoms with van der Waals surface area (Å²) in [5.74, 6) is 0.909. The van der Waals surface area contributed by atoms with Gasteiger partial charge in [0.2, 0.25) is 0 Å². The molecule has 2 aromatic heterocycles. The van der Waals surface area contributed by atoms with Gasteiger partial charge in [0.05, 0.1) is 10.2 Å². The van der Waals surface area contributed by atoms with Crippen LogP contribution in [0.2, 0.25) is 0 Å². The van der Waals surface area contributed by atoms with Crippen molar-refractivity contribution in [2.45, 2.75) is 37.8 Å². The van der Waals surface area contributed by atoms with Crippen LogP contribution >= 0.6 is 11.3 Å². The summed E-state index contributed by atoms with van der Waals surface area (Å²) in [4.78, 5) is 31.2. The molecule has 1 aromatic carbocycles. The minimum atomic E-state index is -0.961. The number of thiazole rings is 1. The van der Waals surface area contributed by atoms with Gasteiger partial charge in [-0.3, -0.25) is 9.78 Å². The summed E-state index contributed by atoms with van der Waals surface area (Å²) < 4.78 is 6.90. The fourth-order valence-corrected chi connectivity index (χ4v) is 4.60. The molecule has 1 aliphatic carbocycles. The highest BCUT2D eigenvalue weighted by molar-refractivity contribution is 7.22. The minimum Gasteiger partial charge on any atom is -0.465 e. The van der Waals surface area contributed by atoms with Crippen molar-refractivity contribution < 1.29 is 19.4 Å². The van der Waals surface area contributed by atoms with Crippen molar-refractivity contribution in [3.05, 3.63) is 42.2 Å². The van der Waals surface area contributed by atoms with E-state index in [0.717, 1.165) is 41.0 Å². The first-order valence-corrected chi connectivity index (χ1v) is 10.8. The highest BCUT2D eigenvalue weighted by Gasteiger charge is 2.23. The monoisotopic (exact) mass is 441 g/mol. The SMILES string of the molecule is CNC(=O)c1cc(Oc2ccc3nc(N[C@H]4CC[C@H](NC(=O)O)CC4)sc3c2)ccn1. The summed E-state index contributed by atoms with van der Waals surface area (Å²) in [6, 6.07) is 9.27. The lowest BCUT2D eigenvalue weighted by atomic mass is 9.91. The highest BCUT2D eigenvalue weighted by atomic mass is 32.1. The van der Waals surface area contributed by atoms with Crippen LogP contribution in [-0.4, -0.2) is 46.2 Å². The molecule has 0 atom stereocenters. The number of aromatic nitrogens is 2. The van der Waals surface area contributed by atoms with Gasteiger partial charge < -0.3 is 25.8 Å². The predicted octanol–water partition coefficient (Wildman–Crippen LogP) is 3.83. The van der Waals surface area contributed by atoms with Gasteiger partial charge in [0, 0.05) is 37.5 Å². The number of ether oxygens (including phenoxy) is 1. The molecule has 1 aliphatic rings. The maximum absolute atomic E-state index is 11.8. The van der Waals surface area contributed by atoms with Crippen LogP contribution in [0.5, 0.6) is 11.5 Å². The zero-order chi connectivity index (χ0) is 21.8. The van der Waals surface area contributed by atoms with Crippen molar-refractivity contribution in [3.8, 4) is 11.5 Å². The van der Waals surface area contributed by atoms with Gasteiger partial charge in [-0.05, 0) is 43.9 Å². The normalized spacial score (nSPS) is 18.4. The molecule has 2 amide bonds. The Labute approximate surface area is 182 Å². The second kappa shape index (κ2) is 9.17. The molecular weight excluding hydrogens is 418 g/mol.